The Labute approximate surface area is 238 Å². The van der Waals surface area contributed by atoms with Crippen LogP contribution in [0.2, 0.25) is 0 Å². The Morgan fingerprint density at radius 2 is 1.56 bits per heavy atom. The van der Waals surface area contributed by atoms with Crippen LogP contribution in [0.15, 0.2) is 12.7 Å². The maximum atomic E-state index is 12.7. The van der Waals surface area contributed by atoms with Gasteiger partial charge in [-0.25, -0.2) is 4.79 Å². The quantitative estimate of drug-likeness (QED) is 0.0808. The zero-order valence-corrected chi connectivity index (χ0v) is 25.4. The molecule has 1 rings (SSSR count). The third kappa shape index (κ3) is 14.9. The summed E-state index contributed by atoms with van der Waals surface area (Å²) in [6.45, 7) is 13.5. The van der Waals surface area contributed by atoms with Crippen LogP contribution in [0, 0.1) is 11.3 Å². The number of ether oxygens (including phenoxy) is 2. The molecular formula is C32H57NO6. The molecule has 7 nitrogen and oxygen atoms in total. The number of carbonyl (C=O) groups excluding carboxylic acids is 2. The van der Waals surface area contributed by atoms with Gasteiger partial charge in [0.1, 0.15) is 12.1 Å². The SMILES string of the molecule is C=CC(=O)O[C@H]1C[C@@H](C(=O)O)N(CCCCCCC(C)(C)C(=O)OCCCC(CCCCC)CCCCC)C1. The van der Waals surface area contributed by atoms with E-state index in [1.807, 2.05) is 18.7 Å². The van der Waals surface area contributed by atoms with Gasteiger partial charge in [-0.1, -0.05) is 91.1 Å². The summed E-state index contributed by atoms with van der Waals surface area (Å²) in [7, 11) is 0. The van der Waals surface area contributed by atoms with E-state index in [0.717, 1.165) is 56.9 Å². The zero-order valence-electron chi connectivity index (χ0n) is 25.4. The molecule has 1 fully saturated rings. The van der Waals surface area contributed by atoms with E-state index in [9.17, 15) is 19.5 Å². The molecule has 226 valence electrons. The van der Waals surface area contributed by atoms with Gasteiger partial charge in [0, 0.05) is 19.0 Å². The summed E-state index contributed by atoms with van der Waals surface area (Å²) in [6.07, 6.45) is 18.0. The minimum atomic E-state index is -0.879. The second-order valence-corrected chi connectivity index (χ2v) is 12.0. The molecular weight excluding hydrogens is 494 g/mol. The molecule has 1 saturated heterocycles. The summed E-state index contributed by atoms with van der Waals surface area (Å²) in [4.78, 5) is 37.7. The summed E-state index contributed by atoms with van der Waals surface area (Å²) in [6, 6.07) is -0.621. The van der Waals surface area contributed by atoms with Crippen LogP contribution in [-0.2, 0) is 23.9 Å². The first-order chi connectivity index (χ1) is 18.6. The van der Waals surface area contributed by atoms with Gasteiger partial charge in [0.15, 0.2) is 0 Å². The summed E-state index contributed by atoms with van der Waals surface area (Å²) < 4.78 is 10.9. The van der Waals surface area contributed by atoms with Crippen molar-refractivity contribution in [1.29, 1.82) is 0 Å². The predicted molar refractivity (Wildman–Crippen MR) is 157 cm³/mol. The van der Waals surface area contributed by atoms with E-state index in [4.69, 9.17) is 9.47 Å². The van der Waals surface area contributed by atoms with Gasteiger partial charge in [0.05, 0.1) is 12.0 Å². The fourth-order valence-electron chi connectivity index (χ4n) is 5.53. The van der Waals surface area contributed by atoms with Crippen molar-refractivity contribution in [2.24, 2.45) is 11.3 Å². The second kappa shape index (κ2) is 20.1. The second-order valence-electron chi connectivity index (χ2n) is 12.0. The number of carboxylic acids is 1. The molecule has 0 aromatic heterocycles. The van der Waals surface area contributed by atoms with E-state index < -0.39 is 29.5 Å². The lowest BCUT2D eigenvalue weighted by atomic mass is 9.87. The molecule has 1 N–H and O–H groups in total. The van der Waals surface area contributed by atoms with Crippen molar-refractivity contribution < 1.29 is 29.0 Å². The largest absolute Gasteiger partial charge is 0.480 e. The number of nitrogens with zero attached hydrogens (tertiary/aromatic N) is 1. The number of carbonyl (C=O) groups is 3. The van der Waals surface area contributed by atoms with E-state index >= 15 is 0 Å². The molecule has 0 bridgehead atoms. The molecule has 2 atom stereocenters. The van der Waals surface area contributed by atoms with Crippen molar-refractivity contribution in [2.75, 3.05) is 19.7 Å². The van der Waals surface area contributed by atoms with E-state index in [1.54, 1.807) is 0 Å². The van der Waals surface area contributed by atoms with Crippen molar-refractivity contribution in [3.63, 3.8) is 0 Å². The van der Waals surface area contributed by atoms with E-state index in [0.29, 0.717) is 26.1 Å². The van der Waals surface area contributed by atoms with Crippen LogP contribution in [0.5, 0.6) is 0 Å². The number of hydrogen-bond donors (Lipinski definition) is 1. The third-order valence-corrected chi connectivity index (χ3v) is 8.07. The smallest absolute Gasteiger partial charge is 0.330 e. The number of esters is 2. The first kappa shape index (κ1) is 35.1. The van der Waals surface area contributed by atoms with Crippen LogP contribution < -0.4 is 0 Å². The molecule has 39 heavy (non-hydrogen) atoms. The minimum Gasteiger partial charge on any atom is -0.480 e. The lowest BCUT2D eigenvalue weighted by molar-refractivity contribution is -0.154. The van der Waals surface area contributed by atoms with E-state index in [-0.39, 0.29) is 5.97 Å². The van der Waals surface area contributed by atoms with Gasteiger partial charge >= 0.3 is 17.9 Å². The molecule has 1 heterocycles. The Balaban J connectivity index is 2.27. The summed E-state index contributed by atoms with van der Waals surface area (Å²) in [5, 5.41) is 9.52. The Hall–Kier alpha value is -1.89. The number of hydrogen-bond acceptors (Lipinski definition) is 6. The normalized spacial score (nSPS) is 17.9. The van der Waals surface area contributed by atoms with Crippen LogP contribution in [0.3, 0.4) is 0 Å². The van der Waals surface area contributed by atoms with E-state index in [2.05, 4.69) is 20.4 Å². The zero-order chi connectivity index (χ0) is 29.1. The number of unbranched alkanes of at least 4 members (excludes halogenated alkanes) is 7. The van der Waals surface area contributed by atoms with Crippen molar-refractivity contribution >= 4 is 17.9 Å². The maximum absolute atomic E-state index is 12.7. The molecule has 0 amide bonds. The topological polar surface area (TPSA) is 93.1 Å². The van der Waals surface area contributed by atoms with Gasteiger partial charge in [-0.15, -0.1) is 0 Å². The van der Waals surface area contributed by atoms with Crippen LogP contribution in [0.1, 0.15) is 130 Å². The van der Waals surface area contributed by atoms with Crippen molar-refractivity contribution in [2.45, 2.75) is 143 Å². The minimum absolute atomic E-state index is 0.0995. The number of aliphatic carboxylic acids is 1. The number of carboxylic acid groups (broad SMARTS) is 1. The van der Waals surface area contributed by atoms with Crippen LogP contribution in [-0.4, -0.2) is 59.8 Å². The Kier molecular flexibility index (Phi) is 18.1. The highest BCUT2D eigenvalue weighted by atomic mass is 16.5. The number of rotatable bonds is 23. The van der Waals surface area contributed by atoms with Crippen LogP contribution in [0.25, 0.3) is 0 Å². The molecule has 0 unspecified atom stereocenters. The first-order valence-electron chi connectivity index (χ1n) is 15.6. The lowest BCUT2D eigenvalue weighted by Gasteiger charge is -2.23. The standard InChI is InChI=1S/C32H57NO6/c1-6-9-13-18-26(19-14-10-7-2)20-17-23-38-31(37)32(4,5)21-15-11-12-16-22-33-25-27(39-29(34)8-3)24-28(33)30(35)36/h8,26-28H,3,6-7,9-25H2,1-2,4-5H3,(H,35,36)/t27-,28-/m0/s1. The molecule has 1 aliphatic heterocycles. The average Bonchev–Trinajstić information content (AvgIpc) is 3.30. The molecule has 0 saturated carbocycles. The van der Waals surface area contributed by atoms with Gasteiger partial charge in [0.2, 0.25) is 0 Å². The van der Waals surface area contributed by atoms with Crippen molar-refractivity contribution in [1.82, 2.24) is 4.90 Å². The highest BCUT2D eigenvalue weighted by Gasteiger charge is 2.38. The molecule has 7 heteroatoms. The van der Waals surface area contributed by atoms with Gasteiger partial charge in [0.25, 0.3) is 0 Å². The average molecular weight is 552 g/mol. The first-order valence-corrected chi connectivity index (χ1v) is 15.6. The van der Waals surface area contributed by atoms with Gasteiger partial charge < -0.3 is 14.6 Å². The maximum Gasteiger partial charge on any atom is 0.330 e. The van der Waals surface area contributed by atoms with E-state index in [1.165, 1.54) is 51.4 Å². The van der Waals surface area contributed by atoms with Crippen molar-refractivity contribution in [3.05, 3.63) is 12.7 Å². The van der Waals surface area contributed by atoms with Crippen molar-refractivity contribution in [3.8, 4) is 0 Å². The number of likely N-dealkylation sites (tertiary alicyclic amines) is 1. The molecule has 0 radical (unpaired) electrons. The Bertz CT molecular complexity index is 711. The highest BCUT2D eigenvalue weighted by Crippen LogP contribution is 2.27. The van der Waals surface area contributed by atoms with Gasteiger partial charge in [-0.3, -0.25) is 14.5 Å². The highest BCUT2D eigenvalue weighted by molar-refractivity contribution is 5.81. The monoisotopic (exact) mass is 551 g/mol. The van der Waals surface area contributed by atoms with Gasteiger partial charge in [-0.2, -0.15) is 0 Å². The summed E-state index contributed by atoms with van der Waals surface area (Å²) in [5.74, 6) is -0.733. The van der Waals surface area contributed by atoms with Crippen LogP contribution in [0.4, 0.5) is 0 Å². The third-order valence-electron chi connectivity index (χ3n) is 8.07. The molecule has 0 aromatic rings. The summed E-state index contributed by atoms with van der Waals surface area (Å²) >= 11 is 0. The lowest BCUT2D eigenvalue weighted by Crippen LogP contribution is -2.36. The Morgan fingerprint density at radius 1 is 0.949 bits per heavy atom. The fourth-order valence-corrected chi connectivity index (χ4v) is 5.53. The molecule has 1 aliphatic rings. The molecule has 0 aromatic carbocycles. The molecule has 0 aliphatic carbocycles. The van der Waals surface area contributed by atoms with Gasteiger partial charge in [-0.05, 0) is 52.0 Å². The predicted octanol–water partition coefficient (Wildman–Crippen LogP) is 7.32. The Morgan fingerprint density at radius 3 is 2.15 bits per heavy atom. The summed E-state index contributed by atoms with van der Waals surface area (Å²) in [5.41, 5.74) is -0.493. The van der Waals surface area contributed by atoms with Crippen LogP contribution >= 0.6 is 0 Å². The fraction of sp³-hybridized carbons (Fsp3) is 0.844. The molecule has 0 spiro atoms.